The zero-order valence-electron chi connectivity index (χ0n) is 17.3. The van der Waals surface area contributed by atoms with Crippen molar-refractivity contribution in [1.82, 2.24) is 10.2 Å². The predicted molar refractivity (Wildman–Crippen MR) is 114 cm³/mol. The van der Waals surface area contributed by atoms with Gasteiger partial charge in [0.1, 0.15) is 17.9 Å². The smallest absolute Gasteiger partial charge is 0.339 e. The van der Waals surface area contributed by atoms with Gasteiger partial charge in [-0.1, -0.05) is 0 Å². The summed E-state index contributed by atoms with van der Waals surface area (Å²) < 4.78 is 27.4. The highest BCUT2D eigenvalue weighted by Gasteiger charge is 2.07. The molecule has 1 N–H and O–H groups in total. The van der Waals surface area contributed by atoms with Crippen molar-refractivity contribution in [1.29, 1.82) is 0 Å². The van der Waals surface area contributed by atoms with Crippen LogP contribution < -0.4 is 15.7 Å². The first-order valence-corrected chi connectivity index (χ1v) is 10.7. The summed E-state index contributed by atoms with van der Waals surface area (Å²) in [5.74, 6) is 0.504. The highest BCUT2D eigenvalue weighted by Crippen LogP contribution is 2.27. The lowest BCUT2D eigenvalue weighted by Crippen LogP contribution is -2.31. The molecule has 0 radical (unpaired) electrons. The second kappa shape index (κ2) is 13.6. The van der Waals surface area contributed by atoms with Crippen molar-refractivity contribution < 1.29 is 23.4 Å². The predicted octanol–water partition coefficient (Wildman–Crippen LogP) is 2.01. The van der Waals surface area contributed by atoms with Gasteiger partial charge in [-0.3, -0.25) is 4.90 Å². The van der Waals surface area contributed by atoms with Crippen LogP contribution in [0.15, 0.2) is 38.4 Å². The Balaban J connectivity index is 1.59. The van der Waals surface area contributed by atoms with Crippen molar-refractivity contribution in [3.05, 3.63) is 34.7 Å². The van der Waals surface area contributed by atoms with E-state index in [4.69, 9.17) is 23.4 Å². The van der Waals surface area contributed by atoms with Gasteiger partial charge >= 0.3 is 5.63 Å². The molecular formula is C20H30N2O6S. The normalized spacial score (nSPS) is 11.4. The van der Waals surface area contributed by atoms with Crippen LogP contribution in [0, 0.1) is 0 Å². The maximum absolute atomic E-state index is 11.7. The van der Waals surface area contributed by atoms with Gasteiger partial charge in [-0.15, -0.1) is 11.8 Å². The minimum Gasteiger partial charge on any atom is -0.490 e. The Morgan fingerprint density at radius 1 is 1.03 bits per heavy atom. The molecule has 162 valence electrons. The third kappa shape index (κ3) is 8.73. The van der Waals surface area contributed by atoms with Gasteiger partial charge < -0.3 is 28.7 Å². The van der Waals surface area contributed by atoms with E-state index in [0.717, 1.165) is 17.0 Å². The first-order valence-electron chi connectivity index (χ1n) is 9.45. The molecule has 2 aromatic rings. The lowest BCUT2D eigenvalue weighted by molar-refractivity contribution is -0.0148. The average molecular weight is 427 g/mol. The summed E-state index contributed by atoms with van der Waals surface area (Å²) in [6, 6.07) is 7.06. The lowest BCUT2D eigenvalue weighted by atomic mass is 10.2. The summed E-state index contributed by atoms with van der Waals surface area (Å²) in [7, 11) is 3.87. The zero-order valence-corrected chi connectivity index (χ0v) is 18.1. The molecule has 1 heterocycles. The third-order valence-electron chi connectivity index (χ3n) is 3.88. The van der Waals surface area contributed by atoms with E-state index in [1.54, 1.807) is 11.8 Å². The Kier molecular flexibility index (Phi) is 11.1. The number of fused-ring (bicyclic) bond motifs is 1. The molecule has 0 saturated carbocycles. The fraction of sp³-hybridized carbons (Fsp3) is 0.550. The molecule has 0 aliphatic heterocycles. The number of hydrogen-bond donors (Lipinski definition) is 1. The molecule has 0 unspecified atom stereocenters. The number of rotatable bonds is 15. The zero-order chi connectivity index (χ0) is 20.9. The van der Waals surface area contributed by atoms with Gasteiger partial charge in [-0.25, -0.2) is 4.79 Å². The fourth-order valence-electron chi connectivity index (χ4n) is 2.55. The molecule has 1 aromatic carbocycles. The SMILES string of the molecule is CNCN(C)COCCOCCOCCOc1cc(=O)oc2cc(SC)ccc12. The Morgan fingerprint density at radius 2 is 1.72 bits per heavy atom. The molecule has 1 aromatic heterocycles. The van der Waals surface area contributed by atoms with E-state index in [9.17, 15) is 4.79 Å². The fourth-order valence-corrected chi connectivity index (χ4v) is 2.98. The van der Waals surface area contributed by atoms with Crippen LogP contribution in [-0.4, -0.2) is 78.3 Å². The van der Waals surface area contributed by atoms with E-state index < -0.39 is 5.63 Å². The van der Waals surface area contributed by atoms with E-state index in [0.29, 0.717) is 57.7 Å². The van der Waals surface area contributed by atoms with Gasteiger partial charge in [0.05, 0.1) is 51.2 Å². The number of ether oxygens (including phenoxy) is 4. The minimum atomic E-state index is -0.431. The lowest BCUT2D eigenvalue weighted by Gasteiger charge is -2.15. The largest absolute Gasteiger partial charge is 0.490 e. The molecule has 0 amide bonds. The Bertz CT molecular complexity index is 785. The van der Waals surface area contributed by atoms with E-state index >= 15 is 0 Å². The van der Waals surface area contributed by atoms with Crippen molar-refractivity contribution >= 4 is 22.7 Å². The maximum Gasteiger partial charge on any atom is 0.339 e. The van der Waals surface area contributed by atoms with E-state index in [1.807, 2.05) is 43.5 Å². The summed E-state index contributed by atoms with van der Waals surface area (Å²) in [5, 5.41) is 3.82. The monoisotopic (exact) mass is 426 g/mol. The Morgan fingerprint density at radius 3 is 2.41 bits per heavy atom. The quantitative estimate of drug-likeness (QED) is 0.199. The van der Waals surface area contributed by atoms with Crippen LogP contribution in [0.2, 0.25) is 0 Å². The van der Waals surface area contributed by atoms with Crippen LogP contribution in [-0.2, 0) is 14.2 Å². The highest BCUT2D eigenvalue weighted by atomic mass is 32.2. The van der Waals surface area contributed by atoms with Gasteiger partial charge in [-0.2, -0.15) is 0 Å². The Hall–Kier alpha value is -1.62. The van der Waals surface area contributed by atoms with Crippen molar-refractivity contribution in [2.24, 2.45) is 0 Å². The number of nitrogens with zero attached hydrogens (tertiary/aromatic N) is 1. The molecule has 0 aliphatic rings. The summed E-state index contributed by atoms with van der Waals surface area (Å²) in [4.78, 5) is 14.8. The van der Waals surface area contributed by atoms with Crippen molar-refractivity contribution in [3.8, 4) is 5.75 Å². The van der Waals surface area contributed by atoms with Crippen LogP contribution in [0.4, 0.5) is 0 Å². The van der Waals surface area contributed by atoms with Crippen LogP contribution in [0.1, 0.15) is 0 Å². The maximum atomic E-state index is 11.7. The highest BCUT2D eigenvalue weighted by molar-refractivity contribution is 7.98. The van der Waals surface area contributed by atoms with Crippen LogP contribution >= 0.6 is 11.8 Å². The Labute approximate surface area is 175 Å². The summed E-state index contributed by atoms with van der Waals surface area (Å²) in [5.41, 5.74) is 0.0903. The minimum absolute atomic E-state index is 0.337. The van der Waals surface area contributed by atoms with Crippen molar-refractivity contribution in [3.63, 3.8) is 0 Å². The molecule has 29 heavy (non-hydrogen) atoms. The second-order valence-electron chi connectivity index (χ2n) is 6.27. The van der Waals surface area contributed by atoms with Crippen LogP contribution in [0.5, 0.6) is 5.75 Å². The van der Waals surface area contributed by atoms with Gasteiger partial charge in [0.15, 0.2) is 0 Å². The summed E-state index contributed by atoms with van der Waals surface area (Å²) in [6.45, 7) is 4.10. The summed E-state index contributed by atoms with van der Waals surface area (Å²) in [6.07, 6.45) is 1.97. The number of hydrogen-bond acceptors (Lipinski definition) is 9. The van der Waals surface area contributed by atoms with Crippen molar-refractivity contribution in [2.75, 3.05) is 73.4 Å². The number of nitrogens with one attached hydrogen (secondary N) is 1. The van der Waals surface area contributed by atoms with Crippen LogP contribution in [0.3, 0.4) is 0 Å². The first kappa shape index (κ1) is 23.7. The molecule has 2 rings (SSSR count). The third-order valence-corrected chi connectivity index (χ3v) is 4.61. The van der Waals surface area contributed by atoms with E-state index in [1.165, 1.54) is 6.07 Å². The standard InChI is InChI=1S/C20H30N2O6S/c1-21-14-22(2)15-26-9-8-24-6-7-25-10-11-27-18-13-20(23)28-19-12-16(29-3)4-5-17(18)19/h4-5,12-13,21H,6-11,14-15H2,1-3H3. The number of benzene rings is 1. The van der Waals surface area contributed by atoms with Crippen LogP contribution in [0.25, 0.3) is 11.0 Å². The van der Waals surface area contributed by atoms with Gasteiger partial charge in [0.2, 0.25) is 0 Å². The molecule has 8 nitrogen and oxygen atoms in total. The second-order valence-corrected chi connectivity index (χ2v) is 7.15. The molecule has 0 atom stereocenters. The molecule has 9 heteroatoms. The summed E-state index contributed by atoms with van der Waals surface area (Å²) >= 11 is 1.59. The van der Waals surface area contributed by atoms with E-state index in [-0.39, 0.29) is 0 Å². The molecule has 0 fully saturated rings. The van der Waals surface area contributed by atoms with Gasteiger partial charge in [0.25, 0.3) is 0 Å². The van der Waals surface area contributed by atoms with Crippen molar-refractivity contribution in [2.45, 2.75) is 4.90 Å². The first-order chi connectivity index (χ1) is 14.1. The molecule has 0 spiro atoms. The molecular weight excluding hydrogens is 396 g/mol. The molecule has 0 aliphatic carbocycles. The number of thioether (sulfide) groups is 1. The molecule has 0 bridgehead atoms. The van der Waals surface area contributed by atoms with Gasteiger partial charge in [0, 0.05) is 11.6 Å². The molecule has 0 saturated heterocycles. The van der Waals surface area contributed by atoms with E-state index in [2.05, 4.69) is 5.32 Å². The topological polar surface area (TPSA) is 82.4 Å². The average Bonchev–Trinajstić information content (AvgIpc) is 2.71. The van der Waals surface area contributed by atoms with Gasteiger partial charge in [-0.05, 0) is 38.6 Å².